The highest BCUT2D eigenvalue weighted by Gasteiger charge is 2.14. The van der Waals surface area contributed by atoms with Gasteiger partial charge in [-0.2, -0.15) is 0 Å². The Morgan fingerprint density at radius 3 is 2.86 bits per heavy atom. The Bertz CT molecular complexity index is 357. The molecule has 1 atom stereocenters. The topological polar surface area (TPSA) is 63.3 Å². The van der Waals surface area contributed by atoms with Crippen LogP contribution in [0.2, 0.25) is 0 Å². The second-order valence-electron chi connectivity index (χ2n) is 2.88. The molecule has 3 nitrogen and oxygen atoms in total. The molecule has 0 fully saturated rings. The summed E-state index contributed by atoms with van der Waals surface area (Å²) in [4.78, 5) is 10.5. The number of benzene rings is 1. The molecule has 0 aliphatic carbocycles. The zero-order valence-electron chi connectivity index (χ0n) is 7.21. The maximum absolute atomic E-state index is 12.8. The van der Waals surface area contributed by atoms with Gasteiger partial charge in [0.2, 0.25) is 0 Å². The average molecular weight is 262 g/mol. The molecular weight excluding hydrogens is 253 g/mol. The second kappa shape index (κ2) is 4.52. The molecule has 0 heterocycles. The van der Waals surface area contributed by atoms with Gasteiger partial charge in [0.25, 0.3) is 0 Å². The Hall–Kier alpha value is -0.940. The number of carboxylic acids is 1. The number of carbonyl (C=O) groups is 1. The van der Waals surface area contributed by atoms with E-state index in [1.54, 1.807) is 0 Å². The van der Waals surface area contributed by atoms with Crippen LogP contribution >= 0.6 is 15.9 Å². The molecule has 1 aromatic rings. The normalized spacial score (nSPS) is 12.5. The van der Waals surface area contributed by atoms with Crippen molar-refractivity contribution >= 4 is 21.9 Å². The smallest absolute Gasteiger partial charge is 0.320 e. The van der Waals surface area contributed by atoms with E-state index in [0.717, 1.165) is 0 Å². The summed E-state index contributed by atoms with van der Waals surface area (Å²) in [5, 5.41) is 8.57. The molecule has 1 aromatic carbocycles. The van der Waals surface area contributed by atoms with Gasteiger partial charge in [0, 0.05) is 4.47 Å². The van der Waals surface area contributed by atoms with E-state index >= 15 is 0 Å². The molecule has 0 radical (unpaired) electrons. The number of hydrogen-bond acceptors (Lipinski definition) is 2. The van der Waals surface area contributed by atoms with Gasteiger partial charge in [-0.1, -0.05) is 15.9 Å². The summed E-state index contributed by atoms with van der Waals surface area (Å²) < 4.78 is 13.5. The van der Waals surface area contributed by atoms with Gasteiger partial charge in [0.15, 0.2) is 0 Å². The molecule has 0 aliphatic rings. The number of halogens is 2. The fourth-order valence-corrected chi connectivity index (χ4v) is 1.43. The molecule has 3 N–H and O–H groups in total. The van der Waals surface area contributed by atoms with Crippen molar-refractivity contribution in [2.75, 3.05) is 0 Å². The van der Waals surface area contributed by atoms with Gasteiger partial charge < -0.3 is 10.8 Å². The van der Waals surface area contributed by atoms with Crippen molar-refractivity contribution in [1.29, 1.82) is 0 Å². The lowest BCUT2D eigenvalue weighted by Crippen LogP contribution is -2.32. The molecule has 1 rings (SSSR count). The third-order valence-corrected chi connectivity index (χ3v) is 2.54. The van der Waals surface area contributed by atoms with E-state index in [2.05, 4.69) is 15.9 Å². The summed E-state index contributed by atoms with van der Waals surface area (Å²) in [6.45, 7) is 0. The summed E-state index contributed by atoms with van der Waals surface area (Å²) >= 11 is 3.19. The predicted molar refractivity (Wildman–Crippen MR) is 53.4 cm³/mol. The van der Waals surface area contributed by atoms with E-state index in [-0.39, 0.29) is 6.42 Å². The monoisotopic (exact) mass is 261 g/mol. The minimum atomic E-state index is -1.10. The van der Waals surface area contributed by atoms with Gasteiger partial charge in [-0.25, -0.2) is 4.39 Å². The van der Waals surface area contributed by atoms with E-state index < -0.39 is 17.8 Å². The van der Waals surface area contributed by atoms with Crippen molar-refractivity contribution < 1.29 is 14.3 Å². The standard InChI is InChI=1S/C9H9BrFNO2/c10-7-2-1-6(11)3-5(7)4-8(12)9(13)14/h1-3,8H,4,12H2,(H,13,14)/t8-/m0/s1. The van der Waals surface area contributed by atoms with Crippen molar-refractivity contribution in [2.45, 2.75) is 12.5 Å². The van der Waals surface area contributed by atoms with Crippen LogP contribution in [0.3, 0.4) is 0 Å². The molecular formula is C9H9BrFNO2. The minimum absolute atomic E-state index is 0.105. The lowest BCUT2D eigenvalue weighted by molar-refractivity contribution is -0.138. The van der Waals surface area contributed by atoms with Gasteiger partial charge >= 0.3 is 5.97 Å². The first-order valence-electron chi connectivity index (χ1n) is 3.93. The summed E-state index contributed by atoms with van der Waals surface area (Å²) in [7, 11) is 0. The Labute approximate surface area is 88.9 Å². The van der Waals surface area contributed by atoms with E-state index in [9.17, 15) is 9.18 Å². The summed E-state index contributed by atoms with van der Waals surface area (Å²) in [5.74, 6) is -1.50. The van der Waals surface area contributed by atoms with Gasteiger partial charge in [-0.15, -0.1) is 0 Å². The van der Waals surface area contributed by atoms with E-state index in [0.29, 0.717) is 10.0 Å². The number of aliphatic carboxylic acids is 1. The summed E-state index contributed by atoms with van der Waals surface area (Å²) in [5.41, 5.74) is 5.88. The highest BCUT2D eigenvalue weighted by atomic mass is 79.9. The van der Waals surface area contributed by atoms with Crippen LogP contribution in [0.4, 0.5) is 4.39 Å². The Balaban J connectivity index is 2.85. The summed E-state index contributed by atoms with van der Waals surface area (Å²) in [6.07, 6.45) is 0.105. The number of nitrogens with two attached hydrogens (primary N) is 1. The molecule has 0 saturated heterocycles. The van der Waals surface area contributed by atoms with Crippen molar-refractivity contribution in [2.24, 2.45) is 5.73 Å². The quantitative estimate of drug-likeness (QED) is 0.868. The van der Waals surface area contributed by atoms with Crippen LogP contribution in [-0.2, 0) is 11.2 Å². The fourth-order valence-electron chi connectivity index (χ4n) is 1.02. The van der Waals surface area contributed by atoms with Crippen molar-refractivity contribution in [1.82, 2.24) is 0 Å². The van der Waals surface area contributed by atoms with E-state index in [1.807, 2.05) is 0 Å². The second-order valence-corrected chi connectivity index (χ2v) is 3.74. The molecule has 5 heteroatoms. The van der Waals surface area contributed by atoms with Crippen LogP contribution in [0.15, 0.2) is 22.7 Å². The molecule has 0 spiro atoms. The maximum atomic E-state index is 12.8. The van der Waals surface area contributed by atoms with E-state index in [4.69, 9.17) is 10.8 Å². The molecule has 0 unspecified atom stereocenters. The third-order valence-electron chi connectivity index (χ3n) is 1.76. The van der Waals surface area contributed by atoms with Crippen LogP contribution in [0.1, 0.15) is 5.56 Å². The lowest BCUT2D eigenvalue weighted by atomic mass is 10.1. The Morgan fingerprint density at radius 2 is 2.29 bits per heavy atom. The first kappa shape index (κ1) is 11.1. The van der Waals surface area contributed by atoms with Gasteiger partial charge in [0.1, 0.15) is 11.9 Å². The zero-order valence-corrected chi connectivity index (χ0v) is 8.79. The first-order chi connectivity index (χ1) is 6.50. The maximum Gasteiger partial charge on any atom is 0.320 e. The third kappa shape index (κ3) is 2.78. The number of rotatable bonds is 3. The van der Waals surface area contributed by atoms with Crippen LogP contribution in [0, 0.1) is 5.82 Å². The molecule has 0 aromatic heterocycles. The molecule has 14 heavy (non-hydrogen) atoms. The summed E-state index contributed by atoms with van der Waals surface area (Å²) in [6, 6.07) is 3.08. The van der Waals surface area contributed by atoms with Crippen LogP contribution in [0.5, 0.6) is 0 Å². The number of hydrogen-bond donors (Lipinski definition) is 2. The largest absolute Gasteiger partial charge is 0.480 e. The van der Waals surface area contributed by atoms with Gasteiger partial charge in [-0.05, 0) is 30.2 Å². The van der Waals surface area contributed by atoms with Crippen molar-refractivity contribution in [3.8, 4) is 0 Å². The Morgan fingerprint density at radius 1 is 1.64 bits per heavy atom. The highest BCUT2D eigenvalue weighted by molar-refractivity contribution is 9.10. The molecule has 0 bridgehead atoms. The molecule has 0 amide bonds. The van der Waals surface area contributed by atoms with Crippen LogP contribution in [-0.4, -0.2) is 17.1 Å². The van der Waals surface area contributed by atoms with Crippen molar-refractivity contribution in [3.05, 3.63) is 34.1 Å². The molecule has 0 aliphatic heterocycles. The minimum Gasteiger partial charge on any atom is -0.480 e. The SMILES string of the molecule is N[C@@H](Cc1cc(F)ccc1Br)C(=O)O. The predicted octanol–water partition coefficient (Wildman–Crippen LogP) is 1.54. The zero-order chi connectivity index (χ0) is 10.7. The molecule has 0 saturated carbocycles. The highest BCUT2D eigenvalue weighted by Crippen LogP contribution is 2.18. The lowest BCUT2D eigenvalue weighted by Gasteiger charge is -2.08. The first-order valence-corrected chi connectivity index (χ1v) is 4.72. The van der Waals surface area contributed by atoms with E-state index in [1.165, 1.54) is 18.2 Å². The van der Waals surface area contributed by atoms with Crippen molar-refractivity contribution in [3.63, 3.8) is 0 Å². The van der Waals surface area contributed by atoms with Gasteiger partial charge in [0.05, 0.1) is 0 Å². The fraction of sp³-hybridized carbons (Fsp3) is 0.222. The number of carboxylic acid groups (broad SMARTS) is 1. The van der Waals surface area contributed by atoms with Crippen LogP contribution < -0.4 is 5.73 Å². The van der Waals surface area contributed by atoms with Crippen LogP contribution in [0.25, 0.3) is 0 Å². The van der Waals surface area contributed by atoms with Gasteiger partial charge in [-0.3, -0.25) is 4.79 Å². The average Bonchev–Trinajstić information content (AvgIpc) is 2.11. The Kier molecular flexibility index (Phi) is 3.60. The molecule has 76 valence electrons.